The van der Waals surface area contributed by atoms with Crippen LogP contribution < -0.4 is 20.1 Å². The number of carbonyl (C=O) groups excluding carboxylic acids is 2. The van der Waals surface area contributed by atoms with Gasteiger partial charge in [-0.15, -0.1) is 11.3 Å². The number of amides is 2. The highest BCUT2D eigenvalue weighted by Gasteiger charge is 2.17. The standard InChI is InChI=1S/C24H21N3O5S/c1-15-11-21(27-23(28)19-6-4-10-31-19)33-22(15)24(29)26-17-7-8-18(30-2)20(12-17)32-14-16-5-3-9-25-13-16/h3-13H,14H2,1-2H3,(H,26,29)(H,27,28). The first-order valence-electron chi connectivity index (χ1n) is 10.00. The van der Waals surface area contributed by atoms with Crippen molar-refractivity contribution < 1.29 is 23.5 Å². The minimum Gasteiger partial charge on any atom is -0.493 e. The van der Waals surface area contributed by atoms with Gasteiger partial charge in [0.25, 0.3) is 11.8 Å². The number of methoxy groups -OCH3 is 1. The van der Waals surface area contributed by atoms with E-state index in [4.69, 9.17) is 13.9 Å². The Morgan fingerprint density at radius 2 is 1.94 bits per heavy atom. The lowest BCUT2D eigenvalue weighted by molar-refractivity contribution is 0.0995. The number of pyridine rings is 1. The zero-order chi connectivity index (χ0) is 23.2. The Morgan fingerprint density at radius 1 is 1.06 bits per heavy atom. The van der Waals surface area contributed by atoms with E-state index in [1.54, 1.807) is 55.9 Å². The van der Waals surface area contributed by atoms with E-state index in [0.29, 0.717) is 33.7 Å². The van der Waals surface area contributed by atoms with Gasteiger partial charge in [0, 0.05) is 29.7 Å². The molecule has 33 heavy (non-hydrogen) atoms. The van der Waals surface area contributed by atoms with E-state index in [-0.39, 0.29) is 17.6 Å². The Hall–Kier alpha value is -4.11. The number of benzene rings is 1. The first-order chi connectivity index (χ1) is 16.0. The van der Waals surface area contributed by atoms with Crippen LogP contribution in [0.5, 0.6) is 11.5 Å². The number of carbonyl (C=O) groups is 2. The molecule has 0 radical (unpaired) electrons. The Kier molecular flexibility index (Phi) is 6.70. The van der Waals surface area contributed by atoms with Gasteiger partial charge in [0.05, 0.1) is 23.3 Å². The first-order valence-corrected chi connectivity index (χ1v) is 10.8. The number of hydrogen-bond acceptors (Lipinski definition) is 7. The molecule has 0 aliphatic rings. The predicted molar refractivity (Wildman–Crippen MR) is 125 cm³/mol. The van der Waals surface area contributed by atoms with Gasteiger partial charge in [-0.25, -0.2) is 0 Å². The zero-order valence-electron chi connectivity index (χ0n) is 18.0. The minimum absolute atomic E-state index is 0.198. The molecule has 0 aliphatic heterocycles. The van der Waals surface area contributed by atoms with Crippen molar-refractivity contribution in [2.24, 2.45) is 0 Å². The third-order valence-corrected chi connectivity index (χ3v) is 5.80. The van der Waals surface area contributed by atoms with Crippen LogP contribution in [0.1, 0.15) is 31.4 Å². The number of ether oxygens (including phenoxy) is 2. The summed E-state index contributed by atoms with van der Waals surface area (Å²) in [5, 5.41) is 6.17. The molecule has 1 aromatic carbocycles. The Morgan fingerprint density at radius 3 is 2.67 bits per heavy atom. The highest BCUT2D eigenvalue weighted by atomic mass is 32.1. The van der Waals surface area contributed by atoms with Crippen LogP contribution in [0, 0.1) is 6.92 Å². The van der Waals surface area contributed by atoms with Gasteiger partial charge in [-0.05, 0) is 48.9 Å². The average Bonchev–Trinajstić information content (AvgIpc) is 3.48. The van der Waals surface area contributed by atoms with Gasteiger partial charge in [-0.2, -0.15) is 0 Å². The third-order valence-electron chi connectivity index (χ3n) is 4.64. The monoisotopic (exact) mass is 463 g/mol. The summed E-state index contributed by atoms with van der Waals surface area (Å²) < 4.78 is 16.3. The third kappa shape index (κ3) is 5.39. The van der Waals surface area contributed by atoms with E-state index in [1.165, 1.54) is 17.6 Å². The van der Waals surface area contributed by atoms with Crippen molar-refractivity contribution in [2.45, 2.75) is 13.5 Å². The molecule has 0 aliphatic carbocycles. The Bertz CT molecular complexity index is 1250. The van der Waals surface area contributed by atoms with Crippen molar-refractivity contribution >= 4 is 33.8 Å². The predicted octanol–water partition coefficient (Wildman–Crippen LogP) is 5.14. The number of hydrogen-bond donors (Lipinski definition) is 2. The molecule has 9 heteroatoms. The van der Waals surface area contributed by atoms with Crippen LogP contribution in [0.4, 0.5) is 10.7 Å². The lowest BCUT2D eigenvalue weighted by Crippen LogP contribution is -2.11. The summed E-state index contributed by atoms with van der Waals surface area (Å²) in [7, 11) is 1.55. The van der Waals surface area contributed by atoms with Crippen LogP contribution in [0.3, 0.4) is 0 Å². The van der Waals surface area contributed by atoms with Crippen molar-refractivity contribution in [3.8, 4) is 11.5 Å². The molecule has 2 amide bonds. The number of aromatic nitrogens is 1. The van der Waals surface area contributed by atoms with Crippen LogP contribution in [-0.4, -0.2) is 23.9 Å². The van der Waals surface area contributed by atoms with E-state index in [9.17, 15) is 9.59 Å². The molecule has 168 valence electrons. The fourth-order valence-electron chi connectivity index (χ4n) is 3.05. The van der Waals surface area contributed by atoms with Gasteiger partial charge >= 0.3 is 0 Å². The fourth-order valence-corrected chi connectivity index (χ4v) is 4.01. The number of rotatable bonds is 8. The van der Waals surface area contributed by atoms with Crippen molar-refractivity contribution in [1.29, 1.82) is 0 Å². The molecule has 2 N–H and O–H groups in total. The summed E-state index contributed by atoms with van der Waals surface area (Å²) in [5.74, 6) is 0.572. The number of furan rings is 1. The summed E-state index contributed by atoms with van der Waals surface area (Å²) in [4.78, 5) is 29.6. The van der Waals surface area contributed by atoms with Gasteiger partial charge in [-0.1, -0.05) is 6.07 Å². The van der Waals surface area contributed by atoms with Crippen molar-refractivity contribution in [2.75, 3.05) is 17.7 Å². The van der Waals surface area contributed by atoms with Gasteiger partial charge < -0.3 is 24.5 Å². The van der Waals surface area contributed by atoms with Crippen molar-refractivity contribution in [3.63, 3.8) is 0 Å². The summed E-state index contributed by atoms with van der Waals surface area (Å²) in [6.45, 7) is 2.12. The highest BCUT2D eigenvalue weighted by molar-refractivity contribution is 7.18. The van der Waals surface area contributed by atoms with Crippen molar-refractivity contribution in [1.82, 2.24) is 4.98 Å². The number of nitrogens with zero attached hydrogens (tertiary/aromatic N) is 1. The molecule has 4 aromatic rings. The summed E-state index contributed by atoms with van der Waals surface area (Å²) in [6.07, 6.45) is 4.84. The SMILES string of the molecule is COc1ccc(NC(=O)c2sc(NC(=O)c3ccco3)cc2C)cc1OCc1cccnc1. The maximum atomic E-state index is 12.9. The van der Waals surface area contributed by atoms with E-state index in [1.807, 2.05) is 19.1 Å². The Labute approximate surface area is 194 Å². The smallest absolute Gasteiger partial charge is 0.291 e. The molecule has 0 unspecified atom stereocenters. The number of nitrogens with one attached hydrogen (secondary N) is 2. The molecule has 0 saturated carbocycles. The summed E-state index contributed by atoms with van der Waals surface area (Å²) in [6, 6.07) is 13.9. The molecule has 0 saturated heterocycles. The van der Waals surface area contributed by atoms with Gasteiger partial charge in [0.1, 0.15) is 6.61 Å². The normalized spacial score (nSPS) is 10.5. The van der Waals surface area contributed by atoms with Crippen molar-refractivity contribution in [3.05, 3.63) is 89.0 Å². The molecule has 0 spiro atoms. The molecule has 8 nitrogen and oxygen atoms in total. The average molecular weight is 464 g/mol. The second kappa shape index (κ2) is 10.0. The van der Waals surface area contributed by atoms with E-state index < -0.39 is 0 Å². The molecule has 3 aromatic heterocycles. The largest absolute Gasteiger partial charge is 0.493 e. The lowest BCUT2D eigenvalue weighted by Gasteiger charge is -2.13. The molecular weight excluding hydrogens is 442 g/mol. The van der Waals surface area contributed by atoms with Crippen LogP contribution in [0.25, 0.3) is 0 Å². The zero-order valence-corrected chi connectivity index (χ0v) is 18.8. The molecular formula is C24H21N3O5S. The van der Waals surface area contributed by atoms with Gasteiger partial charge in [0.15, 0.2) is 17.3 Å². The number of aryl methyl sites for hydroxylation is 1. The van der Waals surface area contributed by atoms with Crippen LogP contribution in [-0.2, 0) is 6.61 Å². The van der Waals surface area contributed by atoms with Gasteiger partial charge in [0.2, 0.25) is 0 Å². The highest BCUT2D eigenvalue weighted by Crippen LogP contribution is 2.32. The van der Waals surface area contributed by atoms with E-state index in [0.717, 1.165) is 11.1 Å². The quantitative estimate of drug-likeness (QED) is 0.375. The lowest BCUT2D eigenvalue weighted by atomic mass is 10.2. The topological polar surface area (TPSA) is 103 Å². The number of thiophene rings is 1. The van der Waals surface area contributed by atoms with E-state index >= 15 is 0 Å². The molecule has 0 atom stereocenters. The second-order valence-electron chi connectivity index (χ2n) is 7.02. The Balaban J connectivity index is 1.45. The summed E-state index contributed by atoms with van der Waals surface area (Å²) in [5.41, 5.74) is 2.21. The molecule has 4 rings (SSSR count). The van der Waals surface area contributed by atoms with E-state index in [2.05, 4.69) is 15.6 Å². The summed E-state index contributed by atoms with van der Waals surface area (Å²) >= 11 is 1.18. The van der Waals surface area contributed by atoms with Crippen LogP contribution in [0.2, 0.25) is 0 Å². The van der Waals surface area contributed by atoms with Crippen LogP contribution >= 0.6 is 11.3 Å². The first kappa shape index (κ1) is 22.1. The molecule has 3 heterocycles. The number of anilines is 2. The van der Waals surface area contributed by atoms with Gasteiger partial charge in [-0.3, -0.25) is 14.6 Å². The molecule has 0 fully saturated rings. The molecule has 0 bridgehead atoms. The minimum atomic E-state index is -0.376. The second-order valence-corrected chi connectivity index (χ2v) is 8.08. The van der Waals surface area contributed by atoms with Crippen LogP contribution in [0.15, 0.2) is 71.6 Å². The fraction of sp³-hybridized carbons (Fsp3) is 0.125. The maximum Gasteiger partial charge on any atom is 0.291 e. The maximum absolute atomic E-state index is 12.9.